The maximum absolute atomic E-state index is 13.0. The van der Waals surface area contributed by atoms with Gasteiger partial charge in [-0.05, 0) is 80.5 Å². The second-order valence-corrected chi connectivity index (χ2v) is 13.2. The van der Waals surface area contributed by atoms with Crippen molar-refractivity contribution in [1.82, 2.24) is 15.3 Å². The standard InChI is InChI=1S/C39H45N3O4/c1-5-27-11-15-30(16-12-27)31-19-21-32(22-20-31)34-24-40-36(41-25-34)33-17-13-28(14-18-33)23-35(37(43)46-39(2,3)4)42-38(44)45-26-29-9-7-6-8-10-29/h6-10,13-14,17-22,24-25,27,30,35H,5,11-12,15-16,23,26H2,1-4H3,(H,42,44)/t27-,30-,35-/m0/s1. The fraction of sp³-hybridized carbons (Fsp3) is 0.385. The summed E-state index contributed by atoms with van der Waals surface area (Å²) in [6.45, 7) is 7.80. The molecule has 1 saturated carbocycles. The number of aromatic nitrogens is 2. The summed E-state index contributed by atoms with van der Waals surface area (Å²) in [6, 6.07) is 25.0. The van der Waals surface area contributed by atoms with Crippen molar-refractivity contribution < 1.29 is 19.1 Å². The molecule has 1 aliphatic carbocycles. The number of hydrogen-bond acceptors (Lipinski definition) is 6. The van der Waals surface area contributed by atoms with Crippen molar-refractivity contribution in [1.29, 1.82) is 0 Å². The zero-order valence-electron chi connectivity index (χ0n) is 27.4. The van der Waals surface area contributed by atoms with E-state index in [9.17, 15) is 9.59 Å². The fourth-order valence-electron chi connectivity index (χ4n) is 5.98. The molecule has 46 heavy (non-hydrogen) atoms. The van der Waals surface area contributed by atoms with E-state index < -0.39 is 23.7 Å². The molecule has 0 saturated heterocycles. The van der Waals surface area contributed by atoms with Crippen LogP contribution in [0.1, 0.15) is 82.4 Å². The number of nitrogens with one attached hydrogen (secondary N) is 1. The number of esters is 1. The molecule has 0 unspecified atom stereocenters. The van der Waals surface area contributed by atoms with Crippen molar-refractivity contribution in [2.45, 2.75) is 90.4 Å². The topological polar surface area (TPSA) is 90.4 Å². The second-order valence-electron chi connectivity index (χ2n) is 13.2. The van der Waals surface area contributed by atoms with E-state index in [0.29, 0.717) is 11.7 Å². The highest BCUT2D eigenvalue weighted by Gasteiger charge is 2.28. The first kappa shape index (κ1) is 32.9. The van der Waals surface area contributed by atoms with E-state index in [2.05, 4.69) is 46.5 Å². The van der Waals surface area contributed by atoms with Crippen molar-refractivity contribution in [3.8, 4) is 22.5 Å². The normalized spacial score (nSPS) is 17.1. The highest BCUT2D eigenvalue weighted by molar-refractivity contribution is 5.82. The van der Waals surface area contributed by atoms with Gasteiger partial charge in [0.2, 0.25) is 0 Å². The third-order valence-electron chi connectivity index (χ3n) is 8.64. The number of benzene rings is 3. The zero-order chi connectivity index (χ0) is 32.5. The molecule has 0 spiro atoms. The summed E-state index contributed by atoms with van der Waals surface area (Å²) in [6.07, 6.45) is 9.83. The van der Waals surface area contributed by atoms with Crippen LogP contribution in [0.3, 0.4) is 0 Å². The van der Waals surface area contributed by atoms with Crippen LogP contribution in [0, 0.1) is 5.92 Å². The van der Waals surface area contributed by atoms with Crippen LogP contribution in [0.4, 0.5) is 4.79 Å². The molecule has 5 rings (SSSR count). The molecule has 0 bridgehead atoms. The number of hydrogen-bond donors (Lipinski definition) is 1. The van der Waals surface area contributed by atoms with Gasteiger partial charge in [-0.1, -0.05) is 92.2 Å². The van der Waals surface area contributed by atoms with Gasteiger partial charge in [0.25, 0.3) is 0 Å². The van der Waals surface area contributed by atoms with Gasteiger partial charge in [0.1, 0.15) is 18.2 Å². The first-order valence-corrected chi connectivity index (χ1v) is 16.4. The Bertz CT molecular complexity index is 1560. The number of carbonyl (C=O) groups excluding carboxylic acids is 2. The molecule has 0 aliphatic heterocycles. The third kappa shape index (κ3) is 9.25. The summed E-state index contributed by atoms with van der Waals surface area (Å²) >= 11 is 0. The smallest absolute Gasteiger partial charge is 0.408 e. The van der Waals surface area contributed by atoms with Gasteiger partial charge in [0, 0.05) is 29.9 Å². The molecule has 7 nitrogen and oxygen atoms in total. The number of carbonyl (C=O) groups is 2. The van der Waals surface area contributed by atoms with E-state index in [1.54, 1.807) is 20.8 Å². The van der Waals surface area contributed by atoms with Gasteiger partial charge in [-0.25, -0.2) is 19.6 Å². The average molecular weight is 620 g/mol. The molecule has 1 atom stereocenters. The van der Waals surface area contributed by atoms with Gasteiger partial charge in [-0.15, -0.1) is 0 Å². The molecule has 1 heterocycles. The molecule has 1 aromatic heterocycles. The number of ether oxygens (including phenoxy) is 2. The lowest BCUT2D eigenvalue weighted by molar-refractivity contribution is -0.157. The van der Waals surface area contributed by atoms with Crippen molar-refractivity contribution >= 4 is 12.1 Å². The Morgan fingerprint density at radius 1 is 0.804 bits per heavy atom. The average Bonchev–Trinajstić information content (AvgIpc) is 3.07. The van der Waals surface area contributed by atoms with Gasteiger partial charge in [-0.3, -0.25) is 0 Å². The molecule has 7 heteroatoms. The van der Waals surface area contributed by atoms with Gasteiger partial charge in [-0.2, -0.15) is 0 Å². The minimum absolute atomic E-state index is 0.104. The summed E-state index contributed by atoms with van der Waals surface area (Å²) in [5.74, 6) is 1.66. The quantitative estimate of drug-likeness (QED) is 0.179. The van der Waals surface area contributed by atoms with Crippen molar-refractivity contribution in [3.05, 3.63) is 108 Å². The van der Waals surface area contributed by atoms with Crippen LogP contribution in [0.25, 0.3) is 22.5 Å². The molecule has 4 aromatic rings. The Balaban J connectivity index is 1.20. The van der Waals surface area contributed by atoms with Crippen LogP contribution in [-0.2, 0) is 27.3 Å². The fourth-order valence-corrected chi connectivity index (χ4v) is 5.98. The van der Waals surface area contributed by atoms with Gasteiger partial charge in [0.15, 0.2) is 5.82 Å². The maximum atomic E-state index is 13.0. The summed E-state index contributed by atoms with van der Waals surface area (Å²) in [5, 5.41) is 2.69. The Hall–Kier alpha value is -4.52. The molecule has 1 N–H and O–H groups in total. The van der Waals surface area contributed by atoms with E-state index in [4.69, 9.17) is 9.47 Å². The first-order chi connectivity index (χ1) is 22.2. The number of amides is 1. The van der Waals surface area contributed by atoms with Gasteiger partial charge in [0.05, 0.1) is 0 Å². The molecule has 1 amide bonds. The van der Waals surface area contributed by atoms with Crippen LogP contribution < -0.4 is 5.32 Å². The highest BCUT2D eigenvalue weighted by atomic mass is 16.6. The Morgan fingerprint density at radius 2 is 1.43 bits per heavy atom. The van der Waals surface area contributed by atoms with Crippen LogP contribution in [0.15, 0.2) is 91.3 Å². The number of rotatable bonds is 10. The Morgan fingerprint density at radius 3 is 2.04 bits per heavy atom. The Kier molecular flexibility index (Phi) is 10.8. The lowest BCUT2D eigenvalue weighted by Crippen LogP contribution is -2.45. The van der Waals surface area contributed by atoms with E-state index in [1.165, 1.54) is 37.7 Å². The monoisotopic (exact) mass is 619 g/mol. The minimum atomic E-state index is -0.915. The molecule has 3 aromatic carbocycles. The summed E-state index contributed by atoms with van der Waals surface area (Å²) < 4.78 is 11.0. The SMILES string of the molecule is CC[C@H]1CC[C@H](c2ccc(-c3cnc(-c4ccc(C[C@H](NC(=O)OCc5ccccc5)C(=O)OC(C)(C)C)cc4)nc3)cc2)CC1. The van der Waals surface area contributed by atoms with Crippen LogP contribution >= 0.6 is 0 Å². The lowest BCUT2D eigenvalue weighted by Gasteiger charge is -2.28. The predicted octanol–water partition coefficient (Wildman–Crippen LogP) is 8.67. The minimum Gasteiger partial charge on any atom is -0.458 e. The van der Waals surface area contributed by atoms with E-state index in [-0.39, 0.29) is 13.0 Å². The first-order valence-electron chi connectivity index (χ1n) is 16.4. The largest absolute Gasteiger partial charge is 0.458 e. The highest BCUT2D eigenvalue weighted by Crippen LogP contribution is 2.37. The van der Waals surface area contributed by atoms with Crippen LogP contribution in [0.2, 0.25) is 0 Å². The number of nitrogens with zero attached hydrogens (tertiary/aromatic N) is 2. The van der Waals surface area contributed by atoms with E-state index in [0.717, 1.165) is 33.7 Å². The molecular weight excluding hydrogens is 574 g/mol. The second kappa shape index (κ2) is 15.2. The molecule has 0 radical (unpaired) electrons. The van der Waals surface area contributed by atoms with Gasteiger partial charge < -0.3 is 14.8 Å². The molecular formula is C39H45N3O4. The molecule has 240 valence electrons. The lowest BCUT2D eigenvalue weighted by atomic mass is 9.78. The molecule has 1 fully saturated rings. The third-order valence-corrected chi connectivity index (χ3v) is 8.64. The maximum Gasteiger partial charge on any atom is 0.408 e. The summed E-state index contributed by atoms with van der Waals surface area (Å²) in [7, 11) is 0. The number of alkyl carbamates (subject to hydrolysis) is 1. The van der Waals surface area contributed by atoms with E-state index >= 15 is 0 Å². The van der Waals surface area contributed by atoms with Crippen molar-refractivity contribution in [2.75, 3.05) is 0 Å². The van der Waals surface area contributed by atoms with Gasteiger partial charge >= 0.3 is 12.1 Å². The van der Waals surface area contributed by atoms with Crippen molar-refractivity contribution in [3.63, 3.8) is 0 Å². The van der Waals surface area contributed by atoms with Crippen LogP contribution in [0.5, 0.6) is 0 Å². The predicted molar refractivity (Wildman–Crippen MR) is 181 cm³/mol. The van der Waals surface area contributed by atoms with Crippen molar-refractivity contribution in [2.24, 2.45) is 5.92 Å². The van der Waals surface area contributed by atoms with Crippen LogP contribution in [-0.4, -0.2) is 33.7 Å². The zero-order valence-corrected chi connectivity index (χ0v) is 27.4. The Labute approximate surface area is 272 Å². The summed E-state index contributed by atoms with van der Waals surface area (Å²) in [5.41, 5.74) is 5.39. The van der Waals surface area contributed by atoms with E-state index in [1.807, 2.05) is 67.0 Å². The molecule has 1 aliphatic rings. The summed E-state index contributed by atoms with van der Waals surface area (Å²) in [4.78, 5) is 34.9.